The fourth-order valence-corrected chi connectivity index (χ4v) is 1.71. The van der Waals surface area contributed by atoms with Gasteiger partial charge in [-0.2, -0.15) is 0 Å². The first-order valence-corrected chi connectivity index (χ1v) is 6.75. The minimum Gasteiger partial charge on any atom is -0.481 e. The van der Waals surface area contributed by atoms with Gasteiger partial charge in [0.1, 0.15) is 0 Å². The molecule has 0 rings (SSSR count). The molecule has 18 heavy (non-hydrogen) atoms. The number of nitrogens with two attached hydrogens (primary N) is 1. The van der Waals surface area contributed by atoms with Crippen LogP contribution in [0.25, 0.3) is 0 Å². The first-order chi connectivity index (χ1) is 8.47. The number of rotatable bonds is 10. The van der Waals surface area contributed by atoms with Crippen LogP contribution in [0, 0.1) is 0 Å². The van der Waals surface area contributed by atoms with Crippen molar-refractivity contribution in [1.82, 2.24) is 5.32 Å². The lowest BCUT2D eigenvalue weighted by Gasteiger charge is -2.17. The maximum Gasteiger partial charge on any atom is 0.303 e. The molecule has 0 radical (unpaired) electrons. The van der Waals surface area contributed by atoms with Crippen LogP contribution in [0.1, 0.15) is 58.8 Å². The molecule has 0 aliphatic rings. The molecule has 1 amide bonds. The Kier molecular flexibility index (Phi) is 9.28. The monoisotopic (exact) mass is 258 g/mol. The molecule has 2 unspecified atom stereocenters. The smallest absolute Gasteiger partial charge is 0.303 e. The molecular weight excluding hydrogens is 232 g/mol. The lowest BCUT2D eigenvalue weighted by atomic mass is 10.1. The molecule has 4 N–H and O–H groups in total. The Morgan fingerprint density at radius 1 is 1.22 bits per heavy atom. The molecule has 0 saturated heterocycles. The van der Waals surface area contributed by atoms with E-state index in [1.54, 1.807) is 0 Å². The summed E-state index contributed by atoms with van der Waals surface area (Å²) in [7, 11) is 0. The lowest BCUT2D eigenvalue weighted by Crippen LogP contribution is -2.44. The Bertz CT molecular complexity index is 257. The van der Waals surface area contributed by atoms with Gasteiger partial charge in [-0.15, -0.1) is 0 Å². The molecule has 0 aromatic rings. The molecule has 2 atom stereocenters. The number of carbonyl (C=O) groups is 2. The van der Waals surface area contributed by atoms with Crippen molar-refractivity contribution in [2.75, 3.05) is 0 Å². The molecule has 0 bridgehead atoms. The third-order valence-electron chi connectivity index (χ3n) is 2.89. The Hall–Kier alpha value is -1.10. The molecule has 0 aliphatic heterocycles. The van der Waals surface area contributed by atoms with E-state index >= 15 is 0 Å². The molecular formula is C13H26N2O3. The largest absolute Gasteiger partial charge is 0.481 e. The van der Waals surface area contributed by atoms with Crippen LogP contribution in [0.3, 0.4) is 0 Å². The van der Waals surface area contributed by atoms with Crippen LogP contribution in [-0.2, 0) is 9.59 Å². The zero-order valence-electron chi connectivity index (χ0n) is 11.4. The van der Waals surface area contributed by atoms with Crippen LogP contribution in [0.4, 0.5) is 0 Å². The Morgan fingerprint density at radius 2 is 1.89 bits per heavy atom. The first-order valence-electron chi connectivity index (χ1n) is 6.75. The van der Waals surface area contributed by atoms with Gasteiger partial charge in [-0.25, -0.2) is 0 Å². The van der Waals surface area contributed by atoms with Crippen LogP contribution in [0.2, 0.25) is 0 Å². The van der Waals surface area contributed by atoms with E-state index in [-0.39, 0.29) is 24.8 Å². The van der Waals surface area contributed by atoms with E-state index in [0.29, 0.717) is 0 Å². The molecule has 0 aromatic carbocycles. The average molecular weight is 258 g/mol. The molecule has 0 aromatic heterocycles. The number of carbonyl (C=O) groups excluding carboxylic acids is 1. The zero-order valence-corrected chi connectivity index (χ0v) is 11.4. The minimum absolute atomic E-state index is 0.0700. The van der Waals surface area contributed by atoms with Gasteiger partial charge in [0.05, 0.1) is 6.04 Å². The van der Waals surface area contributed by atoms with E-state index in [9.17, 15) is 9.59 Å². The molecule has 0 spiro atoms. The number of nitrogens with one attached hydrogen (secondary N) is 1. The zero-order chi connectivity index (χ0) is 14.0. The predicted octanol–water partition coefficient (Wildman–Crippen LogP) is 1.65. The highest BCUT2D eigenvalue weighted by Gasteiger charge is 2.16. The van der Waals surface area contributed by atoms with E-state index in [0.717, 1.165) is 12.8 Å². The number of unbranched alkanes of at least 4 members (excludes halogenated alkanes) is 3. The lowest BCUT2D eigenvalue weighted by molar-refractivity contribution is -0.137. The molecule has 0 aliphatic carbocycles. The summed E-state index contributed by atoms with van der Waals surface area (Å²) in [5, 5.41) is 11.3. The van der Waals surface area contributed by atoms with E-state index in [1.807, 2.05) is 6.92 Å². The van der Waals surface area contributed by atoms with Crippen molar-refractivity contribution in [2.24, 2.45) is 5.73 Å². The maximum atomic E-state index is 11.6. The molecule has 0 saturated carbocycles. The molecule has 0 heterocycles. The number of aliphatic carboxylic acids is 1. The molecule has 5 heteroatoms. The standard InChI is InChI=1S/C13H26N2O3/c1-3-4-5-6-7-10(2)15-13(18)11(14)8-9-12(16)17/h10-11H,3-9,14H2,1-2H3,(H,15,18)(H,16,17). The van der Waals surface area contributed by atoms with Gasteiger partial charge in [-0.1, -0.05) is 32.6 Å². The van der Waals surface area contributed by atoms with E-state index < -0.39 is 12.0 Å². The second-order valence-electron chi connectivity index (χ2n) is 4.80. The Balaban J connectivity index is 3.74. The van der Waals surface area contributed by atoms with Crippen molar-refractivity contribution in [2.45, 2.75) is 70.9 Å². The van der Waals surface area contributed by atoms with Crippen LogP contribution in [0.5, 0.6) is 0 Å². The van der Waals surface area contributed by atoms with E-state index in [1.165, 1.54) is 19.3 Å². The van der Waals surface area contributed by atoms with Gasteiger partial charge in [0, 0.05) is 12.5 Å². The molecule has 106 valence electrons. The summed E-state index contributed by atoms with van der Waals surface area (Å²) < 4.78 is 0. The quantitative estimate of drug-likeness (QED) is 0.519. The molecule has 5 nitrogen and oxygen atoms in total. The average Bonchev–Trinajstić information content (AvgIpc) is 2.31. The van der Waals surface area contributed by atoms with Gasteiger partial charge in [0.2, 0.25) is 5.91 Å². The highest BCUT2D eigenvalue weighted by molar-refractivity contribution is 5.82. The van der Waals surface area contributed by atoms with Gasteiger partial charge >= 0.3 is 5.97 Å². The predicted molar refractivity (Wildman–Crippen MR) is 71.2 cm³/mol. The van der Waals surface area contributed by atoms with E-state index in [2.05, 4.69) is 12.2 Å². The summed E-state index contributed by atoms with van der Waals surface area (Å²) in [4.78, 5) is 22.0. The highest BCUT2D eigenvalue weighted by Crippen LogP contribution is 2.05. The summed E-state index contributed by atoms with van der Waals surface area (Å²) >= 11 is 0. The van der Waals surface area contributed by atoms with Crippen LogP contribution in [0.15, 0.2) is 0 Å². The van der Waals surface area contributed by atoms with Crippen LogP contribution >= 0.6 is 0 Å². The third-order valence-corrected chi connectivity index (χ3v) is 2.89. The SMILES string of the molecule is CCCCCCC(C)NC(=O)C(N)CCC(=O)O. The Morgan fingerprint density at radius 3 is 2.44 bits per heavy atom. The third kappa shape index (κ3) is 8.98. The maximum absolute atomic E-state index is 11.6. The number of amides is 1. The summed E-state index contributed by atoms with van der Waals surface area (Å²) in [6.45, 7) is 4.11. The van der Waals surface area contributed by atoms with Crippen molar-refractivity contribution >= 4 is 11.9 Å². The summed E-state index contributed by atoms with van der Waals surface area (Å²) in [5.41, 5.74) is 5.61. The number of hydrogen-bond acceptors (Lipinski definition) is 3. The van der Waals surface area contributed by atoms with Gasteiger partial charge in [-0.05, 0) is 19.8 Å². The van der Waals surface area contributed by atoms with E-state index in [4.69, 9.17) is 10.8 Å². The molecule has 0 fully saturated rings. The van der Waals surface area contributed by atoms with Crippen molar-refractivity contribution in [1.29, 1.82) is 0 Å². The fourth-order valence-electron chi connectivity index (χ4n) is 1.71. The number of carboxylic acid groups (broad SMARTS) is 1. The second kappa shape index (κ2) is 9.88. The van der Waals surface area contributed by atoms with Crippen molar-refractivity contribution in [3.05, 3.63) is 0 Å². The van der Waals surface area contributed by atoms with Crippen molar-refractivity contribution < 1.29 is 14.7 Å². The van der Waals surface area contributed by atoms with Gasteiger partial charge < -0.3 is 16.2 Å². The number of carboxylic acids is 1. The van der Waals surface area contributed by atoms with Crippen molar-refractivity contribution in [3.8, 4) is 0 Å². The second-order valence-corrected chi connectivity index (χ2v) is 4.80. The summed E-state index contributed by atoms with van der Waals surface area (Å²) in [6, 6.07) is -0.621. The fraction of sp³-hybridized carbons (Fsp3) is 0.846. The minimum atomic E-state index is -0.925. The van der Waals surface area contributed by atoms with Crippen molar-refractivity contribution in [3.63, 3.8) is 0 Å². The summed E-state index contributed by atoms with van der Waals surface area (Å²) in [6.07, 6.45) is 5.75. The Labute approximate surface area is 109 Å². The van der Waals surface area contributed by atoms with Crippen LogP contribution in [-0.4, -0.2) is 29.1 Å². The van der Waals surface area contributed by atoms with Gasteiger partial charge in [0.15, 0.2) is 0 Å². The van der Waals surface area contributed by atoms with Gasteiger partial charge in [0.25, 0.3) is 0 Å². The topological polar surface area (TPSA) is 92.4 Å². The normalized spacial score (nSPS) is 13.9. The first kappa shape index (κ1) is 16.9. The van der Waals surface area contributed by atoms with Gasteiger partial charge in [-0.3, -0.25) is 9.59 Å². The van der Waals surface area contributed by atoms with Crippen LogP contribution < -0.4 is 11.1 Å². The number of hydrogen-bond donors (Lipinski definition) is 3. The summed E-state index contributed by atoms with van der Waals surface area (Å²) in [5.74, 6) is -1.18. The highest BCUT2D eigenvalue weighted by atomic mass is 16.4.